The fourth-order valence-corrected chi connectivity index (χ4v) is 2.76. The molecule has 0 fully saturated rings. The van der Waals surface area contributed by atoms with Gasteiger partial charge in [-0.2, -0.15) is 0 Å². The van der Waals surface area contributed by atoms with Crippen molar-refractivity contribution in [1.29, 1.82) is 0 Å². The van der Waals surface area contributed by atoms with Gasteiger partial charge < -0.3 is 19.2 Å². The van der Waals surface area contributed by atoms with Crippen LogP contribution in [0.25, 0.3) is 0 Å². The highest BCUT2D eigenvalue weighted by molar-refractivity contribution is 6.01. The largest absolute Gasteiger partial charge is 0.454 e. The first-order valence-electron chi connectivity index (χ1n) is 8.00. The van der Waals surface area contributed by atoms with E-state index in [0.717, 1.165) is 22.8 Å². The van der Waals surface area contributed by atoms with Crippen LogP contribution in [0.4, 0.5) is 0 Å². The van der Waals surface area contributed by atoms with Crippen LogP contribution >= 0.6 is 0 Å². The molecular formula is C17H22N2O4. The van der Waals surface area contributed by atoms with Gasteiger partial charge in [-0.3, -0.25) is 4.79 Å². The van der Waals surface area contributed by atoms with Crippen LogP contribution in [-0.2, 0) is 9.63 Å². The van der Waals surface area contributed by atoms with Gasteiger partial charge in [0.25, 0.3) is 0 Å². The van der Waals surface area contributed by atoms with E-state index in [9.17, 15) is 4.79 Å². The minimum absolute atomic E-state index is 0.00870. The van der Waals surface area contributed by atoms with E-state index >= 15 is 0 Å². The average Bonchev–Trinajstić information content (AvgIpc) is 3.19. The molecule has 0 aliphatic carbocycles. The van der Waals surface area contributed by atoms with Crippen molar-refractivity contribution in [3.63, 3.8) is 0 Å². The second-order valence-electron chi connectivity index (χ2n) is 6.07. The maximum Gasteiger partial charge on any atom is 0.231 e. The van der Waals surface area contributed by atoms with Gasteiger partial charge in [-0.1, -0.05) is 19.0 Å². The highest BCUT2D eigenvalue weighted by Gasteiger charge is 2.27. The molecule has 2 aliphatic rings. The predicted molar refractivity (Wildman–Crippen MR) is 85.7 cm³/mol. The van der Waals surface area contributed by atoms with Crippen LogP contribution in [0, 0.1) is 5.92 Å². The molecule has 6 nitrogen and oxygen atoms in total. The molecule has 1 atom stereocenters. The van der Waals surface area contributed by atoms with E-state index in [-0.39, 0.29) is 24.7 Å². The molecule has 23 heavy (non-hydrogen) atoms. The summed E-state index contributed by atoms with van der Waals surface area (Å²) in [5.74, 6) is 1.63. The van der Waals surface area contributed by atoms with E-state index in [4.69, 9.17) is 14.3 Å². The molecule has 2 aliphatic heterocycles. The zero-order chi connectivity index (χ0) is 16.4. The van der Waals surface area contributed by atoms with E-state index < -0.39 is 0 Å². The first-order chi connectivity index (χ1) is 11.1. The Hall–Kier alpha value is -2.24. The standard InChI is InChI=1S/C17H22N2O4/c1-4-19(17(20)11(2)3)9-13-8-14(18-23-13)12-5-6-15-16(7-12)22-10-21-15/h5-7,11,13H,4,8-10H2,1-3H3/t13-/m0/s1. The lowest BCUT2D eigenvalue weighted by atomic mass is 10.0. The molecule has 3 rings (SSSR count). The Bertz CT molecular complexity index is 627. The monoisotopic (exact) mass is 318 g/mol. The topological polar surface area (TPSA) is 60.4 Å². The molecule has 0 N–H and O–H groups in total. The van der Waals surface area contributed by atoms with Crippen LogP contribution in [0.1, 0.15) is 32.8 Å². The van der Waals surface area contributed by atoms with Gasteiger partial charge in [0.1, 0.15) is 0 Å². The van der Waals surface area contributed by atoms with Gasteiger partial charge in [0.15, 0.2) is 17.6 Å². The van der Waals surface area contributed by atoms with Crippen molar-refractivity contribution in [2.45, 2.75) is 33.3 Å². The number of hydrogen-bond donors (Lipinski definition) is 0. The smallest absolute Gasteiger partial charge is 0.231 e. The van der Waals surface area contributed by atoms with Crippen molar-refractivity contribution < 1.29 is 19.1 Å². The molecule has 1 aromatic carbocycles. The molecule has 1 amide bonds. The summed E-state index contributed by atoms with van der Waals surface area (Å²) in [6, 6.07) is 5.76. The summed E-state index contributed by atoms with van der Waals surface area (Å²) in [6.07, 6.45) is 0.583. The van der Waals surface area contributed by atoms with Gasteiger partial charge in [0.2, 0.25) is 12.7 Å². The number of nitrogens with zero attached hydrogens (tertiary/aromatic N) is 2. The fraction of sp³-hybridized carbons (Fsp3) is 0.529. The van der Waals surface area contributed by atoms with Gasteiger partial charge in [0.05, 0.1) is 12.3 Å². The Balaban J connectivity index is 1.63. The van der Waals surface area contributed by atoms with Gasteiger partial charge >= 0.3 is 0 Å². The third-order valence-electron chi connectivity index (χ3n) is 4.05. The maximum atomic E-state index is 12.1. The number of oxime groups is 1. The lowest BCUT2D eigenvalue weighted by molar-refractivity contribution is -0.136. The second kappa shape index (κ2) is 6.48. The van der Waals surface area contributed by atoms with Gasteiger partial charge in [0, 0.05) is 24.4 Å². The normalized spacial score (nSPS) is 18.8. The molecule has 124 valence electrons. The number of carbonyl (C=O) groups excluding carboxylic acids is 1. The van der Waals surface area contributed by atoms with E-state index in [0.29, 0.717) is 19.5 Å². The van der Waals surface area contributed by atoms with Crippen LogP contribution in [-0.4, -0.2) is 42.5 Å². The number of benzene rings is 1. The third kappa shape index (κ3) is 3.25. The quantitative estimate of drug-likeness (QED) is 0.836. The van der Waals surface area contributed by atoms with Gasteiger partial charge in [-0.15, -0.1) is 0 Å². The maximum absolute atomic E-state index is 12.1. The Morgan fingerprint density at radius 3 is 2.87 bits per heavy atom. The van der Waals surface area contributed by atoms with E-state index in [1.54, 1.807) is 0 Å². The van der Waals surface area contributed by atoms with Crippen molar-refractivity contribution in [2.24, 2.45) is 11.1 Å². The number of ether oxygens (including phenoxy) is 2. The van der Waals surface area contributed by atoms with Gasteiger partial charge in [-0.05, 0) is 25.1 Å². The Morgan fingerprint density at radius 1 is 1.35 bits per heavy atom. The first kappa shape index (κ1) is 15.6. The molecule has 0 bridgehead atoms. The zero-order valence-corrected chi connectivity index (χ0v) is 13.7. The van der Waals surface area contributed by atoms with Crippen LogP contribution < -0.4 is 9.47 Å². The number of likely N-dealkylation sites (N-methyl/N-ethyl adjacent to an activating group) is 1. The van der Waals surface area contributed by atoms with Crippen LogP contribution in [0.5, 0.6) is 11.5 Å². The predicted octanol–water partition coefficient (Wildman–Crippen LogP) is 2.41. The molecule has 0 spiro atoms. The summed E-state index contributed by atoms with van der Waals surface area (Å²) in [5.41, 5.74) is 1.84. The Labute approximate surface area is 136 Å². The molecule has 0 saturated carbocycles. The number of fused-ring (bicyclic) bond motifs is 1. The van der Waals surface area contributed by atoms with E-state index in [1.165, 1.54) is 0 Å². The molecule has 0 radical (unpaired) electrons. The third-order valence-corrected chi connectivity index (χ3v) is 4.05. The number of rotatable bonds is 5. The second-order valence-corrected chi connectivity index (χ2v) is 6.07. The minimum atomic E-state index is -0.0990. The summed E-state index contributed by atoms with van der Waals surface area (Å²) in [5, 5.41) is 4.19. The molecule has 6 heteroatoms. The molecular weight excluding hydrogens is 296 g/mol. The highest BCUT2D eigenvalue weighted by atomic mass is 16.7. The van der Waals surface area contributed by atoms with Crippen molar-refractivity contribution >= 4 is 11.6 Å². The number of hydrogen-bond acceptors (Lipinski definition) is 5. The Morgan fingerprint density at radius 2 is 2.13 bits per heavy atom. The average molecular weight is 318 g/mol. The van der Waals surface area contributed by atoms with Crippen LogP contribution in [0.3, 0.4) is 0 Å². The van der Waals surface area contributed by atoms with Crippen LogP contribution in [0.15, 0.2) is 23.4 Å². The molecule has 2 heterocycles. The molecule has 0 saturated heterocycles. The lowest BCUT2D eigenvalue weighted by Gasteiger charge is -2.24. The van der Waals surface area contributed by atoms with Crippen molar-refractivity contribution in [3.05, 3.63) is 23.8 Å². The lowest BCUT2D eigenvalue weighted by Crippen LogP contribution is -2.39. The summed E-state index contributed by atoms with van der Waals surface area (Å²) in [6.45, 7) is 7.30. The molecule has 0 unspecified atom stereocenters. The number of carbonyl (C=O) groups is 1. The molecule has 1 aromatic rings. The Kier molecular flexibility index (Phi) is 4.41. The summed E-state index contributed by atoms with van der Waals surface area (Å²) >= 11 is 0. The zero-order valence-electron chi connectivity index (χ0n) is 13.7. The van der Waals surface area contributed by atoms with Crippen molar-refractivity contribution in [2.75, 3.05) is 19.9 Å². The van der Waals surface area contributed by atoms with E-state index in [1.807, 2.05) is 43.9 Å². The van der Waals surface area contributed by atoms with Crippen molar-refractivity contribution in [1.82, 2.24) is 4.90 Å². The van der Waals surface area contributed by atoms with Crippen LogP contribution in [0.2, 0.25) is 0 Å². The van der Waals surface area contributed by atoms with Gasteiger partial charge in [-0.25, -0.2) is 0 Å². The van der Waals surface area contributed by atoms with Crippen molar-refractivity contribution in [3.8, 4) is 11.5 Å². The number of amides is 1. The highest BCUT2D eigenvalue weighted by Crippen LogP contribution is 2.33. The first-order valence-corrected chi connectivity index (χ1v) is 8.00. The fourth-order valence-electron chi connectivity index (χ4n) is 2.76. The summed E-state index contributed by atoms with van der Waals surface area (Å²) in [4.78, 5) is 19.5. The SMILES string of the molecule is CCN(C[C@@H]1CC(c2ccc3c(c2)OCO3)=NO1)C(=O)C(C)C. The summed E-state index contributed by atoms with van der Waals surface area (Å²) < 4.78 is 10.7. The summed E-state index contributed by atoms with van der Waals surface area (Å²) in [7, 11) is 0. The minimum Gasteiger partial charge on any atom is -0.454 e. The molecule has 0 aromatic heterocycles. The van der Waals surface area contributed by atoms with E-state index in [2.05, 4.69) is 5.16 Å².